The predicted molar refractivity (Wildman–Crippen MR) is 95.9 cm³/mol. The van der Waals surface area contributed by atoms with Crippen LogP contribution in [0, 0.1) is 0 Å². The lowest BCUT2D eigenvalue weighted by atomic mass is 10.1. The summed E-state index contributed by atoms with van der Waals surface area (Å²) < 4.78 is 6.72. The zero-order valence-corrected chi connectivity index (χ0v) is 14.6. The van der Waals surface area contributed by atoms with Gasteiger partial charge in [-0.25, -0.2) is 4.79 Å². The minimum atomic E-state index is -0.468. The van der Waals surface area contributed by atoms with Crippen LogP contribution in [-0.2, 0) is 13.0 Å². The van der Waals surface area contributed by atoms with Gasteiger partial charge in [0.1, 0.15) is 0 Å². The molecule has 0 radical (unpaired) electrons. The van der Waals surface area contributed by atoms with Crippen molar-refractivity contribution < 1.29 is 14.0 Å². The van der Waals surface area contributed by atoms with E-state index in [1.165, 1.54) is 5.56 Å². The molecule has 0 saturated heterocycles. The van der Waals surface area contributed by atoms with E-state index in [0.29, 0.717) is 22.3 Å². The predicted octanol–water partition coefficient (Wildman–Crippen LogP) is 4.16. The molecule has 8 heteroatoms. The van der Waals surface area contributed by atoms with Crippen molar-refractivity contribution >= 4 is 40.8 Å². The van der Waals surface area contributed by atoms with E-state index in [-0.39, 0.29) is 5.88 Å². The van der Waals surface area contributed by atoms with E-state index >= 15 is 0 Å². The maximum absolute atomic E-state index is 12.0. The second-order valence-corrected chi connectivity index (χ2v) is 6.09. The van der Waals surface area contributed by atoms with E-state index < -0.39 is 6.03 Å². The maximum atomic E-state index is 12.0. The fraction of sp³-hybridized carbons (Fsp3) is 0.118. The minimum Gasteiger partial charge on any atom is -0.308 e. The summed E-state index contributed by atoms with van der Waals surface area (Å²) in [6.07, 6.45) is 2.43. The highest BCUT2D eigenvalue weighted by atomic mass is 35.5. The summed E-state index contributed by atoms with van der Waals surface area (Å²) in [7, 11) is 0. The van der Waals surface area contributed by atoms with Crippen molar-refractivity contribution in [2.24, 2.45) is 0 Å². The number of carbonyl (C=O) groups is 1. The molecule has 2 aromatic carbocycles. The molecule has 0 aliphatic carbocycles. The lowest BCUT2D eigenvalue weighted by molar-refractivity contribution is -0.761. The van der Waals surface area contributed by atoms with Crippen LogP contribution < -0.4 is 15.3 Å². The van der Waals surface area contributed by atoms with Crippen molar-refractivity contribution in [1.82, 2.24) is 5.27 Å². The summed E-state index contributed by atoms with van der Waals surface area (Å²) in [5, 5.41) is 9.86. The fourth-order valence-corrected chi connectivity index (χ4v) is 2.47. The second kappa shape index (κ2) is 8.00. The third-order valence-electron chi connectivity index (χ3n) is 3.40. The molecule has 3 rings (SSSR count). The van der Waals surface area contributed by atoms with Crippen LogP contribution in [0.3, 0.4) is 0 Å². The molecule has 0 atom stereocenters. The molecule has 0 fully saturated rings. The van der Waals surface area contributed by atoms with Crippen molar-refractivity contribution in [3.8, 4) is 0 Å². The highest BCUT2D eigenvalue weighted by Crippen LogP contribution is 2.25. The molecular formula is C17H15Cl2N4O2+. The average molecular weight is 378 g/mol. The quantitative estimate of drug-likeness (QED) is 0.655. The first-order chi connectivity index (χ1) is 12.1. The van der Waals surface area contributed by atoms with Gasteiger partial charge in [0.15, 0.2) is 6.54 Å². The number of amides is 2. The van der Waals surface area contributed by atoms with Crippen molar-refractivity contribution in [2.45, 2.75) is 13.0 Å². The van der Waals surface area contributed by atoms with Gasteiger partial charge in [-0.3, -0.25) is 9.84 Å². The molecule has 3 aromatic rings. The smallest absolute Gasteiger partial charge is 0.308 e. The molecule has 25 heavy (non-hydrogen) atoms. The van der Waals surface area contributed by atoms with Gasteiger partial charge in [0.05, 0.1) is 10.0 Å². The third-order valence-corrected chi connectivity index (χ3v) is 4.14. The number of benzene rings is 2. The van der Waals surface area contributed by atoms with Crippen LogP contribution in [0.25, 0.3) is 0 Å². The Kier molecular flexibility index (Phi) is 5.53. The zero-order valence-electron chi connectivity index (χ0n) is 13.1. The second-order valence-electron chi connectivity index (χ2n) is 5.27. The van der Waals surface area contributed by atoms with Crippen LogP contribution in [0.4, 0.5) is 16.4 Å². The molecule has 2 N–H and O–H groups in total. The van der Waals surface area contributed by atoms with Gasteiger partial charge in [-0.15, -0.1) is 0 Å². The third kappa shape index (κ3) is 4.95. The van der Waals surface area contributed by atoms with E-state index in [4.69, 9.17) is 27.7 Å². The summed E-state index contributed by atoms with van der Waals surface area (Å²) in [6.45, 7) is 0.642. The number of urea groups is 1. The Morgan fingerprint density at radius 2 is 1.88 bits per heavy atom. The Morgan fingerprint density at radius 3 is 2.64 bits per heavy atom. The Balaban J connectivity index is 1.53. The van der Waals surface area contributed by atoms with Crippen molar-refractivity contribution in [3.63, 3.8) is 0 Å². The largest absolute Gasteiger partial charge is 0.326 e. The normalized spacial score (nSPS) is 10.5. The summed E-state index contributed by atoms with van der Waals surface area (Å²) in [4.78, 5) is 12.0. The first-order valence-electron chi connectivity index (χ1n) is 7.53. The number of nitrogens with zero attached hydrogens (tertiary/aromatic N) is 2. The summed E-state index contributed by atoms with van der Waals surface area (Å²) >= 11 is 11.7. The highest BCUT2D eigenvalue weighted by Gasteiger charge is 2.14. The number of halogens is 2. The molecule has 6 nitrogen and oxygen atoms in total. The molecule has 0 aliphatic heterocycles. The Morgan fingerprint density at radius 1 is 1.08 bits per heavy atom. The summed E-state index contributed by atoms with van der Waals surface area (Å²) in [5.41, 5.74) is 1.72. The maximum Gasteiger partial charge on any atom is 0.326 e. The van der Waals surface area contributed by atoms with Crippen molar-refractivity contribution in [1.29, 1.82) is 0 Å². The molecule has 1 heterocycles. The van der Waals surface area contributed by atoms with Crippen molar-refractivity contribution in [2.75, 3.05) is 10.6 Å². The van der Waals surface area contributed by atoms with Gasteiger partial charge in [0, 0.05) is 12.1 Å². The molecule has 2 amide bonds. The number of hydrogen-bond acceptors (Lipinski definition) is 3. The van der Waals surface area contributed by atoms with E-state index in [1.54, 1.807) is 29.1 Å². The summed E-state index contributed by atoms with van der Waals surface area (Å²) in [6, 6.07) is 14.4. The number of aryl methyl sites for hydroxylation is 2. The van der Waals surface area contributed by atoms with Gasteiger partial charge >= 0.3 is 11.9 Å². The summed E-state index contributed by atoms with van der Waals surface area (Å²) in [5.74, 6) is 0.241. The topological polar surface area (TPSA) is 71.0 Å². The Hall–Kier alpha value is -2.57. The van der Waals surface area contributed by atoms with Gasteiger partial charge in [0.2, 0.25) is 5.27 Å². The molecule has 128 valence electrons. The van der Waals surface area contributed by atoms with Gasteiger partial charge in [-0.2, -0.15) is 0 Å². The van der Waals surface area contributed by atoms with Gasteiger partial charge in [-0.05, 0) is 23.8 Å². The number of rotatable bonds is 5. The lowest BCUT2D eigenvalue weighted by Gasteiger charge is -2.05. The number of carbonyl (C=O) groups excluding carboxylic acids is 1. The highest BCUT2D eigenvalue weighted by molar-refractivity contribution is 6.42. The molecule has 0 saturated carbocycles. The standard InChI is InChI=1S/C17H14Cl2N4O2/c18-14-7-6-13(10-15(14)19)20-17(24)21-16-11-23(22-25-16)9-8-12-4-2-1-3-5-12/h1-7,10-11H,8-9H2,(H-,20,21,22,24)/p+1. The van der Waals surface area contributed by atoms with Gasteiger partial charge in [0.25, 0.3) is 6.20 Å². The van der Waals surface area contributed by atoms with Crippen LogP contribution in [0.1, 0.15) is 5.56 Å². The number of nitrogens with one attached hydrogen (secondary N) is 2. The molecule has 0 aliphatic rings. The van der Waals surface area contributed by atoms with Crippen LogP contribution in [0.2, 0.25) is 10.0 Å². The molecule has 0 unspecified atom stereocenters. The minimum absolute atomic E-state index is 0.241. The van der Waals surface area contributed by atoms with Gasteiger partial charge < -0.3 is 5.32 Å². The number of anilines is 2. The molecule has 0 bridgehead atoms. The average Bonchev–Trinajstić information content (AvgIpc) is 3.04. The molecule has 0 spiro atoms. The van der Waals surface area contributed by atoms with Crippen LogP contribution in [0.15, 0.2) is 59.3 Å². The van der Waals surface area contributed by atoms with Crippen LogP contribution in [-0.4, -0.2) is 11.3 Å². The van der Waals surface area contributed by atoms with Crippen LogP contribution >= 0.6 is 23.2 Å². The molecular weight excluding hydrogens is 363 g/mol. The SMILES string of the molecule is O=C(Nc1ccc(Cl)c(Cl)c1)Nc1c[n+](CCc2ccccc2)no1. The molecule has 1 aromatic heterocycles. The first-order valence-corrected chi connectivity index (χ1v) is 8.29. The van der Waals surface area contributed by atoms with Crippen LogP contribution in [0.5, 0.6) is 0 Å². The Labute approximate surface area is 154 Å². The van der Waals surface area contributed by atoms with E-state index in [9.17, 15) is 4.79 Å². The fourth-order valence-electron chi connectivity index (χ4n) is 2.18. The first kappa shape index (κ1) is 17.3. The number of aromatic nitrogens is 2. The van der Waals surface area contributed by atoms with E-state index in [1.807, 2.05) is 30.3 Å². The monoisotopic (exact) mass is 377 g/mol. The van der Waals surface area contributed by atoms with Gasteiger partial charge in [-0.1, -0.05) is 58.2 Å². The van der Waals surface area contributed by atoms with E-state index in [2.05, 4.69) is 15.9 Å². The van der Waals surface area contributed by atoms with E-state index in [0.717, 1.165) is 6.42 Å². The van der Waals surface area contributed by atoms with Crippen molar-refractivity contribution in [3.05, 3.63) is 70.3 Å². The zero-order chi connectivity index (χ0) is 17.6. The number of hydrogen-bond donors (Lipinski definition) is 2. The Bertz CT molecular complexity index is 868. The lowest BCUT2D eigenvalue weighted by Crippen LogP contribution is -2.35.